The Morgan fingerprint density at radius 3 is 2.39 bits per heavy atom. The molecular weight excluding hydrogens is 309 g/mol. The summed E-state index contributed by atoms with van der Waals surface area (Å²) in [5.41, 5.74) is 0.769. The third kappa shape index (κ3) is 4.94. The van der Waals surface area contributed by atoms with Crippen molar-refractivity contribution in [2.24, 2.45) is 0 Å². The lowest BCUT2D eigenvalue weighted by molar-refractivity contribution is -0.274. The molecule has 2 aromatic rings. The fourth-order valence-corrected chi connectivity index (χ4v) is 1.87. The molecule has 1 atom stereocenters. The van der Waals surface area contributed by atoms with E-state index in [4.69, 9.17) is 4.74 Å². The topological polar surface area (TPSA) is 38.7 Å². The van der Waals surface area contributed by atoms with E-state index in [1.807, 2.05) is 6.07 Å². The second kappa shape index (κ2) is 7.07. The predicted molar refractivity (Wildman–Crippen MR) is 78.0 cm³/mol. The van der Waals surface area contributed by atoms with Crippen LogP contribution in [0.15, 0.2) is 48.5 Å². The molecule has 0 fully saturated rings. The summed E-state index contributed by atoms with van der Waals surface area (Å²) in [5, 5.41) is 10.1. The Morgan fingerprint density at radius 2 is 1.78 bits per heavy atom. The highest BCUT2D eigenvalue weighted by atomic mass is 19.4. The smallest absolute Gasteiger partial charge is 0.496 e. The number of hydrogen-bond acceptors (Lipinski definition) is 3. The molecule has 6 heteroatoms. The van der Waals surface area contributed by atoms with Crippen molar-refractivity contribution in [1.82, 2.24) is 0 Å². The summed E-state index contributed by atoms with van der Waals surface area (Å²) in [6.45, 7) is 0. The van der Waals surface area contributed by atoms with Crippen LogP contribution in [0.25, 0.3) is 0 Å². The molecule has 0 amide bonds. The zero-order valence-corrected chi connectivity index (χ0v) is 12.1. The molecule has 0 bridgehead atoms. The van der Waals surface area contributed by atoms with Gasteiger partial charge in [-0.15, -0.1) is 13.2 Å². The van der Waals surface area contributed by atoms with Gasteiger partial charge in [0.25, 0.3) is 0 Å². The van der Waals surface area contributed by atoms with Crippen molar-refractivity contribution < 1.29 is 27.8 Å². The summed E-state index contributed by atoms with van der Waals surface area (Å²) < 4.78 is 45.7. The largest absolute Gasteiger partial charge is 0.573 e. The maximum Gasteiger partial charge on any atom is 0.573 e. The van der Waals surface area contributed by atoms with E-state index >= 15 is 0 Å². The Balaban J connectivity index is 2.29. The van der Waals surface area contributed by atoms with E-state index in [0.717, 1.165) is 12.1 Å². The molecule has 0 aliphatic carbocycles. The van der Waals surface area contributed by atoms with Crippen molar-refractivity contribution >= 4 is 0 Å². The molecule has 0 aliphatic heterocycles. The Labute approximate surface area is 131 Å². The van der Waals surface area contributed by atoms with Crippen molar-refractivity contribution in [3.8, 4) is 23.3 Å². The van der Waals surface area contributed by atoms with Gasteiger partial charge in [0.05, 0.1) is 7.11 Å². The number of halogens is 3. The van der Waals surface area contributed by atoms with Gasteiger partial charge >= 0.3 is 6.36 Å². The number of benzene rings is 2. The minimum Gasteiger partial charge on any atom is -0.496 e. The van der Waals surface area contributed by atoms with Crippen LogP contribution in [-0.4, -0.2) is 18.6 Å². The summed E-state index contributed by atoms with van der Waals surface area (Å²) in [5.74, 6) is 5.08. The quantitative estimate of drug-likeness (QED) is 0.876. The first-order valence-electron chi connectivity index (χ1n) is 6.57. The van der Waals surface area contributed by atoms with E-state index < -0.39 is 18.2 Å². The van der Waals surface area contributed by atoms with Crippen molar-refractivity contribution in [3.05, 3.63) is 59.7 Å². The Kier molecular flexibility index (Phi) is 5.14. The van der Waals surface area contributed by atoms with Crippen LogP contribution in [0.2, 0.25) is 0 Å². The molecule has 0 aliphatic rings. The highest BCUT2D eigenvalue weighted by Crippen LogP contribution is 2.31. The summed E-state index contributed by atoms with van der Waals surface area (Å²) in [6, 6.07) is 12.3. The fraction of sp³-hybridized carbons (Fsp3) is 0.176. The molecule has 1 N–H and O–H groups in total. The molecule has 0 radical (unpaired) electrons. The van der Waals surface area contributed by atoms with Crippen molar-refractivity contribution in [2.45, 2.75) is 12.5 Å². The lowest BCUT2D eigenvalue weighted by atomic mass is 10.1. The SMILES string of the molecule is COc1ccc(OC(F)(F)F)cc1C(O)C#Cc1ccccc1. The van der Waals surface area contributed by atoms with E-state index in [0.29, 0.717) is 5.56 Å². The lowest BCUT2D eigenvalue weighted by Crippen LogP contribution is -2.17. The van der Waals surface area contributed by atoms with Crippen molar-refractivity contribution in [2.75, 3.05) is 7.11 Å². The summed E-state index contributed by atoms with van der Waals surface area (Å²) in [6.07, 6.45) is -6.13. The van der Waals surface area contributed by atoms with Crippen LogP contribution in [0.3, 0.4) is 0 Å². The van der Waals surface area contributed by atoms with Crippen LogP contribution in [0.5, 0.6) is 11.5 Å². The van der Waals surface area contributed by atoms with Gasteiger partial charge in [0.2, 0.25) is 0 Å². The zero-order chi connectivity index (χ0) is 16.9. The average molecular weight is 322 g/mol. The number of rotatable bonds is 3. The fourth-order valence-electron chi connectivity index (χ4n) is 1.87. The van der Waals surface area contributed by atoms with Gasteiger partial charge in [0.1, 0.15) is 17.6 Å². The molecular formula is C17H13F3O3. The molecule has 0 saturated heterocycles. The normalized spacial score (nSPS) is 12.0. The molecule has 0 spiro atoms. The van der Waals surface area contributed by atoms with Gasteiger partial charge in [0.15, 0.2) is 0 Å². The van der Waals surface area contributed by atoms with Crippen LogP contribution >= 0.6 is 0 Å². The van der Waals surface area contributed by atoms with E-state index in [1.165, 1.54) is 13.2 Å². The Bertz CT molecular complexity index is 715. The minimum atomic E-state index is -4.81. The Hall–Kier alpha value is -2.65. The first-order chi connectivity index (χ1) is 10.9. The second-order valence-electron chi connectivity index (χ2n) is 4.49. The molecule has 0 aromatic heterocycles. The van der Waals surface area contributed by atoms with Gasteiger partial charge in [-0.3, -0.25) is 0 Å². The predicted octanol–water partition coefficient (Wildman–Crippen LogP) is 3.68. The van der Waals surface area contributed by atoms with E-state index in [9.17, 15) is 18.3 Å². The van der Waals surface area contributed by atoms with Gasteiger partial charge in [0, 0.05) is 11.1 Å². The summed E-state index contributed by atoms with van der Waals surface area (Å²) in [7, 11) is 1.35. The third-order valence-electron chi connectivity index (χ3n) is 2.86. The van der Waals surface area contributed by atoms with Gasteiger partial charge in [-0.25, -0.2) is 0 Å². The number of alkyl halides is 3. The molecule has 120 valence electrons. The van der Waals surface area contributed by atoms with Crippen LogP contribution in [0, 0.1) is 11.8 Å². The van der Waals surface area contributed by atoms with Gasteiger partial charge in [-0.2, -0.15) is 0 Å². The molecule has 2 aromatic carbocycles. The third-order valence-corrected chi connectivity index (χ3v) is 2.86. The van der Waals surface area contributed by atoms with Crippen LogP contribution in [0.4, 0.5) is 13.2 Å². The first-order valence-corrected chi connectivity index (χ1v) is 6.57. The molecule has 3 nitrogen and oxygen atoms in total. The minimum absolute atomic E-state index is 0.0951. The van der Waals surface area contributed by atoms with Crippen LogP contribution < -0.4 is 9.47 Å². The lowest BCUT2D eigenvalue weighted by Gasteiger charge is -2.14. The van der Waals surface area contributed by atoms with Crippen molar-refractivity contribution in [3.63, 3.8) is 0 Å². The molecule has 0 heterocycles. The molecule has 1 unspecified atom stereocenters. The monoisotopic (exact) mass is 322 g/mol. The standard InChI is InChI=1S/C17H13F3O3/c1-22-16-10-8-13(23-17(18,19)20)11-14(16)15(21)9-7-12-5-3-2-4-6-12/h2-6,8,10-11,15,21H,1H3. The summed E-state index contributed by atoms with van der Waals surface area (Å²) in [4.78, 5) is 0. The van der Waals surface area contributed by atoms with E-state index in [1.54, 1.807) is 24.3 Å². The number of ether oxygens (including phenoxy) is 2. The zero-order valence-electron chi connectivity index (χ0n) is 12.1. The number of aliphatic hydroxyl groups excluding tert-OH is 1. The summed E-state index contributed by atoms with van der Waals surface area (Å²) >= 11 is 0. The number of hydrogen-bond donors (Lipinski definition) is 1. The van der Waals surface area contributed by atoms with Gasteiger partial charge in [-0.05, 0) is 30.3 Å². The molecule has 2 rings (SSSR count). The highest BCUT2D eigenvalue weighted by Gasteiger charge is 2.31. The van der Waals surface area contributed by atoms with Gasteiger partial charge < -0.3 is 14.6 Å². The van der Waals surface area contributed by atoms with Crippen molar-refractivity contribution in [1.29, 1.82) is 0 Å². The van der Waals surface area contributed by atoms with Crippen LogP contribution in [0.1, 0.15) is 17.2 Å². The highest BCUT2D eigenvalue weighted by molar-refractivity contribution is 5.45. The molecule has 0 saturated carbocycles. The average Bonchev–Trinajstić information content (AvgIpc) is 2.52. The van der Waals surface area contributed by atoms with Crippen LogP contribution in [-0.2, 0) is 0 Å². The second-order valence-corrected chi connectivity index (χ2v) is 4.49. The van der Waals surface area contributed by atoms with E-state index in [-0.39, 0.29) is 11.3 Å². The van der Waals surface area contributed by atoms with Gasteiger partial charge in [-0.1, -0.05) is 30.0 Å². The van der Waals surface area contributed by atoms with E-state index in [2.05, 4.69) is 16.6 Å². The maximum absolute atomic E-state index is 12.3. The Morgan fingerprint density at radius 1 is 1.09 bits per heavy atom. The number of methoxy groups -OCH3 is 1. The number of aliphatic hydroxyl groups is 1. The molecule has 23 heavy (non-hydrogen) atoms. The maximum atomic E-state index is 12.3. The first kappa shape index (κ1) is 16.7.